The van der Waals surface area contributed by atoms with E-state index >= 15 is 0 Å². The van der Waals surface area contributed by atoms with Gasteiger partial charge in [0.05, 0.1) is 0 Å². The van der Waals surface area contributed by atoms with Gasteiger partial charge in [0.25, 0.3) is 5.91 Å². The third-order valence-corrected chi connectivity index (χ3v) is 6.03. The third kappa shape index (κ3) is 3.55. The van der Waals surface area contributed by atoms with Crippen LogP contribution in [-0.2, 0) is 21.1 Å². The predicted molar refractivity (Wildman–Crippen MR) is 75.6 cm³/mol. The normalized spacial score (nSPS) is 14.7. The van der Waals surface area contributed by atoms with Gasteiger partial charge in [0.2, 0.25) is 0 Å². The number of carbonyl (C=O) groups is 1. The van der Waals surface area contributed by atoms with Crippen molar-refractivity contribution in [2.45, 2.75) is 24.5 Å². The molecule has 0 heterocycles. The molecule has 1 atom stereocenters. The highest BCUT2D eigenvalue weighted by Crippen LogP contribution is 2.26. The summed E-state index contributed by atoms with van der Waals surface area (Å²) in [7, 11) is -3.65. The average molecular weight is 350 g/mol. The number of sulfone groups is 1. The van der Waals surface area contributed by atoms with Crippen LogP contribution in [0.4, 0.5) is 0 Å². The molecule has 0 radical (unpaired) electrons. The maximum Gasteiger partial charge on any atom is 0.264 e. The van der Waals surface area contributed by atoms with Crippen molar-refractivity contribution in [1.82, 2.24) is 5.48 Å². The smallest absolute Gasteiger partial charge is 0.264 e. The summed E-state index contributed by atoms with van der Waals surface area (Å²) in [4.78, 5) is 11.6. The molecule has 7 heteroatoms. The standard InChI is InChI=1S/C12H16BrNO4S/c1-12(11(15)14-16,19(2,17)18)8-7-9-5-3-4-6-10(9)13/h3-6,16H,7-8H2,1-2H3,(H,14,15). The maximum absolute atomic E-state index is 11.8. The number of hydroxylamine groups is 1. The highest BCUT2D eigenvalue weighted by Gasteiger charge is 2.43. The molecule has 1 amide bonds. The monoisotopic (exact) mass is 349 g/mol. The zero-order valence-electron chi connectivity index (χ0n) is 10.7. The van der Waals surface area contributed by atoms with Gasteiger partial charge in [0.1, 0.15) is 4.75 Å². The minimum atomic E-state index is -3.65. The highest BCUT2D eigenvalue weighted by molar-refractivity contribution is 9.10. The zero-order chi connectivity index (χ0) is 14.7. The lowest BCUT2D eigenvalue weighted by Crippen LogP contribution is -2.49. The van der Waals surface area contributed by atoms with E-state index in [1.165, 1.54) is 12.4 Å². The van der Waals surface area contributed by atoms with E-state index in [9.17, 15) is 13.2 Å². The number of benzene rings is 1. The topological polar surface area (TPSA) is 83.5 Å². The Morgan fingerprint density at radius 2 is 2.00 bits per heavy atom. The molecule has 1 aromatic carbocycles. The maximum atomic E-state index is 11.8. The fourth-order valence-electron chi connectivity index (χ4n) is 1.66. The van der Waals surface area contributed by atoms with Crippen molar-refractivity contribution in [3.63, 3.8) is 0 Å². The Balaban J connectivity index is 2.99. The second kappa shape index (κ2) is 6.02. The van der Waals surface area contributed by atoms with Crippen LogP contribution >= 0.6 is 15.9 Å². The first-order valence-electron chi connectivity index (χ1n) is 5.60. The van der Waals surface area contributed by atoms with Crippen LogP contribution in [0.5, 0.6) is 0 Å². The average Bonchev–Trinajstić information content (AvgIpc) is 2.35. The van der Waals surface area contributed by atoms with Crippen molar-refractivity contribution < 1.29 is 18.4 Å². The summed E-state index contributed by atoms with van der Waals surface area (Å²) in [5.41, 5.74) is 2.34. The van der Waals surface area contributed by atoms with E-state index in [4.69, 9.17) is 5.21 Å². The van der Waals surface area contributed by atoms with Crippen molar-refractivity contribution >= 4 is 31.7 Å². The van der Waals surface area contributed by atoms with Gasteiger partial charge in [-0.05, 0) is 31.4 Å². The summed E-state index contributed by atoms with van der Waals surface area (Å²) < 4.78 is 22.8. The largest absolute Gasteiger partial charge is 0.289 e. The van der Waals surface area contributed by atoms with Gasteiger partial charge in [-0.25, -0.2) is 13.9 Å². The quantitative estimate of drug-likeness (QED) is 0.625. The number of nitrogens with one attached hydrogen (secondary N) is 1. The first-order chi connectivity index (χ1) is 8.72. The van der Waals surface area contributed by atoms with Gasteiger partial charge >= 0.3 is 0 Å². The van der Waals surface area contributed by atoms with Gasteiger partial charge in [-0.1, -0.05) is 34.1 Å². The first kappa shape index (κ1) is 16.1. The van der Waals surface area contributed by atoms with Gasteiger partial charge in [0.15, 0.2) is 9.84 Å². The summed E-state index contributed by atoms with van der Waals surface area (Å²) in [5, 5.41) is 8.71. The van der Waals surface area contributed by atoms with Crippen LogP contribution in [0.1, 0.15) is 18.9 Å². The molecule has 0 saturated heterocycles. The van der Waals surface area contributed by atoms with Crippen molar-refractivity contribution in [3.8, 4) is 0 Å². The molecule has 1 unspecified atom stereocenters. The number of aryl methyl sites for hydroxylation is 1. The minimum absolute atomic E-state index is 0.0842. The van der Waals surface area contributed by atoms with E-state index in [2.05, 4.69) is 15.9 Å². The van der Waals surface area contributed by atoms with Gasteiger partial charge in [-0.15, -0.1) is 0 Å². The van der Waals surface area contributed by atoms with Crippen molar-refractivity contribution in [2.24, 2.45) is 0 Å². The zero-order valence-corrected chi connectivity index (χ0v) is 13.1. The van der Waals surface area contributed by atoms with Crippen LogP contribution in [0.2, 0.25) is 0 Å². The van der Waals surface area contributed by atoms with Gasteiger partial charge < -0.3 is 0 Å². The Hall–Kier alpha value is -0.920. The van der Waals surface area contributed by atoms with Crippen molar-refractivity contribution in [1.29, 1.82) is 0 Å². The molecule has 0 aliphatic carbocycles. The van der Waals surface area contributed by atoms with Crippen LogP contribution in [-0.4, -0.2) is 30.5 Å². The number of rotatable bonds is 5. The first-order valence-corrected chi connectivity index (χ1v) is 8.28. The fourth-order valence-corrected chi connectivity index (χ4v) is 3.00. The molecular formula is C12H16BrNO4S. The van der Waals surface area contributed by atoms with Gasteiger partial charge in [-0.2, -0.15) is 0 Å². The number of amides is 1. The third-order valence-electron chi connectivity index (χ3n) is 3.23. The lowest BCUT2D eigenvalue weighted by Gasteiger charge is -2.25. The molecule has 2 N–H and O–H groups in total. The Kier molecular flexibility index (Phi) is 5.11. The molecule has 0 fully saturated rings. The molecule has 106 valence electrons. The van der Waals surface area contributed by atoms with Crippen LogP contribution in [0.3, 0.4) is 0 Å². The Morgan fingerprint density at radius 1 is 1.42 bits per heavy atom. The molecular weight excluding hydrogens is 334 g/mol. The van der Waals surface area contributed by atoms with Gasteiger partial charge in [0, 0.05) is 10.7 Å². The molecule has 0 aliphatic rings. The molecule has 1 rings (SSSR count). The Morgan fingerprint density at radius 3 is 2.47 bits per heavy atom. The summed E-state index contributed by atoms with van der Waals surface area (Å²) in [5.74, 6) is -0.915. The fraction of sp³-hybridized carbons (Fsp3) is 0.417. The van der Waals surface area contributed by atoms with Crippen molar-refractivity contribution in [2.75, 3.05) is 6.26 Å². The second-order valence-corrected chi connectivity index (χ2v) is 7.84. The summed E-state index contributed by atoms with van der Waals surface area (Å²) in [6.07, 6.45) is 1.47. The van der Waals surface area contributed by atoms with E-state index < -0.39 is 20.5 Å². The molecule has 0 bridgehead atoms. The van der Waals surface area contributed by atoms with Crippen LogP contribution in [0.25, 0.3) is 0 Å². The number of hydrogen-bond acceptors (Lipinski definition) is 4. The Bertz CT molecular complexity index is 573. The predicted octanol–water partition coefficient (Wildman–Crippen LogP) is 1.69. The van der Waals surface area contributed by atoms with E-state index in [0.29, 0.717) is 6.42 Å². The summed E-state index contributed by atoms with van der Waals surface area (Å²) >= 11 is 3.37. The summed E-state index contributed by atoms with van der Waals surface area (Å²) in [6.45, 7) is 1.31. The van der Waals surface area contributed by atoms with Crippen LogP contribution in [0.15, 0.2) is 28.7 Å². The molecule has 0 spiro atoms. The lowest BCUT2D eigenvalue weighted by atomic mass is 9.99. The molecule has 1 aromatic rings. The highest BCUT2D eigenvalue weighted by atomic mass is 79.9. The number of hydrogen-bond donors (Lipinski definition) is 2. The van der Waals surface area contributed by atoms with E-state index in [-0.39, 0.29) is 6.42 Å². The van der Waals surface area contributed by atoms with Crippen LogP contribution < -0.4 is 5.48 Å². The second-order valence-electron chi connectivity index (χ2n) is 4.54. The number of halogens is 1. The van der Waals surface area contributed by atoms with E-state index in [0.717, 1.165) is 16.3 Å². The van der Waals surface area contributed by atoms with E-state index in [1.807, 2.05) is 24.3 Å². The van der Waals surface area contributed by atoms with Gasteiger partial charge in [-0.3, -0.25) is 10.0 Å². The molecule has 19 heavy (non-hydrogen) atoms. The minimum Gasteiger partial charge on any atom is -0.289 e. The van der Waals surface area contributed by atoms with Crippen molar-refractivity contribution in [3.05, 3.63) is 34.3 Å². The number of carbonyl (C=O) groups excluding carboxylic acids is 1. The molecule has 0 aromatic heterocycles. The summed E-state index contributed by atoms with van der Waals surface area (Å²) in [6, 6.07) is 7.39. The van der Waals surface area contributed by atoms with Crippen LogP contribution in [0, 0.1) is 0 Å². The molecule has 0 saturated carbocycles. The lowest BCUT2D eigenvalue weighted by molar-refractivity contribution is -0.131. The molecule has 0 aliphatic heterocycles. The molecule has 5 nitrogen and oxygen atoms in total. The Labute approximate surface area is 121 Å². The SMILES string of the molecule is CC(CCc1ccccc1Br)(C(=O)NO)S(C)(=O)=O. The van der Waals surface area contributed by atoms with E-state index in [1.54, 1.807) is 0 Å².